The third-order valence-electron chi connectivity index (χ3n) is 12.6. The molecule has 8 heterocycles. The predicted octanol–water partition coefficient (Wildman–Crippen LogP) is 12.1. The van der Waals surface area contributed by atoms with Crippen LogP contribution in [0.4, 0.5) is 45.0 Å². The average molecular weight is 790 g/mol. The number of rotatable bonds is 3. The molecule has 0 amide bonds. The highest BCUT2D eigenvalue weighted by atomic mass is 32.1. The zero-order chi connectivity index (χ0) is 38.3. The molecular weight excluding hydrogens is 760 g/mol. The van der Waals surface area contributed by atoms with E-state index in [1.807, 2.05) is 23.8 Å². The van der Waals surface area contributed by atoms with Gasteiger partial charge >= 0.3 is 14.0 Å². The van der Waals surface area contributed by atoms with E-state index in [1.54, 1.807) is 11.3 Å². The molecule has 10 heteroatoms. The van der Waals surface area contributed by atoms with E-state index >= 15 is 0 Å². The zero-order valence-electron chi connectivity index (χ0n) is 31.4. The monoisotopic (exact) mass is 789 g/mol. The molecule has 0 radical (unpaired) electrons. The number of hydrogen-bond donors (Lipinski definition) is 0. The molecule has 0 saturated carbocycles. The summed E-state index contributed by atoms with van der Waals surface area (Å²) >= 11 is 3.64. The Morgan fingerprint density at radius 2 is 1.25 bits per heavy atom. The SMILES string of the molecule is c1ccc(N2B3c4cccnc4-c4ccsc4N3c3ccc(-c4ccc5c(c4)-c4ccoc4N4B5N(c5ccc6sc7ccccc7c6c5)c5ccccc54)cc32)cc1. The van der Waals surface area contributed by atoms with Gasteiger partial charge in [0, 0.05) is 48.9 Å². The van der Waals surface area contributed by atoms with Crippen LogP contribution in [0.25, 0.3) is 53.7 Å². The maximum atomic E-state index is 6.44. The Kier molecular flexibility index (Phi) is 6.40. The van der Waals surface area contributed by atoms with Crippen molar-refractivity contribution in [3.8, 4) is 33.5 Å². The summed E-state index contributed by atoms with van der Waals surface area (Å²) in [6, 6.07) is 57.9. The molecule has 274 valence electrons. The molecule has 0 unspecified atom stereocenters. The van der Waals surface area contributed by atoms with Crippen molar-refractivity contribution >= 4 is 113 Å². The van der Waals surface area contributed by atoms with Gasteiger partial charge in [-0.3, -0.25) is 4.98 Å². The number of para-hydroxylation sites is 3. The molecule has 0 spiro atoms. The highest BCUT2D eigenvalue weighted by Crippen LogP contribution is 2.55. The predicted molar refractivity (Wildman–Crippen MR) is 249 cm³/mol. The molecule has 0 N–H and O–H groups in total. The van der Waals surface area contributed by atoms with Crippen molar-refractivity contribution in [3.63, 3.8) is 0 Å². The largest absolute Gasteiger partial charge is 0.449 e. The quantitative estimate of drug-likeness (QED) is 0.166. The number of aromatic nitrogens is 1. The van der Waals surface area contributed by atoms with E-state index in [9.17, 15) is 0 Å². The molecule has 0 saturated heterocycles. The van der Waals surface area contributed by atoms with E-state index in [-0.39, 0.29) is 14.0 Å². The van der Waals surface area contributed by atoms with Crippen LogP contribution in [0.2, 0.25) is 0 Å². The first-order valence-electron chi connectivity index (χ1n) is 19.9. The number of thiophene rings is 2. The van der Waals surface area contributed by atoms with Crippen molar-refractivity contribution in [2.45, 2.75) is 0 Å². The van der Waals surface area contributed by atoms with Gasteiger partial charge in [-0.15, -0.1) is 22.7 Å². The lowest BCUT2D eigenvalue weighted by molar-refractivity contribution is 0.578. The summed E-state index contributed by atoms with van der Waals surface area (Å²) in [5.74, 6) is 0.872. The number of fused-ring (bicyclic) bond motifs is 19. The molecule has 0 atom stereocenters. The lowest BCUT2D eigenvalue weighted by Gasteiger charge is -2.34. The number of pyridine rings is 1. The average Bonchev–Trinajstić information content (AvgIpc) is 4.14. The van der Waals surface area contributed by atoms with Crippen molar-refractivity contribution in [1.29, 1.82) is 0 Å². The van der Waals surface area contributed by atoms with Gasteiger partial charge in [-0.1, -0.05) is 72.8 Å². The summed E-state index contributed by atoms with van der Waals surface area (Å²) in [4.78, 5) is 14.8. The lowest BCUT2D eigenvalue weighted by Crippen LogP contribution is -2.55. The second kappa shape index (κ2) is 11.8. The summed E-state index contributed by atoms with van der Waals surface area (Å²) < 4.78 is 9.05. The Balaban J connectivity index is 0.933. The maximum Gasteiger partial charge on any atom is 0.423 e. The van der Waals surface area contributed by atoms with E-state index < -0.39 is 0 Å². The normalized spacial score (nSPS) is 14.2. The van der Waals surface area contributed by atoms with Crippen LogP contribution < -0.4 is 30.2 Å². The standard InChI is InChI=1S/C49H29B2N5OS2/c1-2-9-32(10-3-1)53-44-28-31(17-20-43(44)56-49-36(23-26-58-49)47-40(51(53)56)12-8-24-52-47)30-16-19-39-37(27-30)35-22-25-57-48(35)55-42-14-6-5-13-41(42)54(50(39)55)33-18-21-46-38(29-33)34-11-4-7-15-45(34)59-46/h1-29H. The first-order chi connectivity index (χ1) is 29.3. The Bertz CT molecular complexity index is 3380. The zero-order valence-corrected chi connectivity index (χ0v) is 33.0. The highest BCUT2D eigenvalue weighted by Gasteiger charge is 2.51. The van der Waals surface area contributed by atoms with E-state index in [1.165, 1.54) is 64.2 Å². The maximum absolute atomic E-state index is 6.44. The molecule has 0 bridgehead atoms. The van der Waals surface area contributed by atoms with Gasteiger partial charge in [-0.05, 0) is 118 Å². The molecule has 10 aromatic rings. The second-order valence-electron chi connectivity index (χ2n) is 15.6. The van der Waals surface area contributed by atoms with E-state index in [0.717, 1.165) is 45.5 Å². The summed E-state index contributed by atoms with van der Waals surface area (Å²) in [6.45, 7) is -0.183. The van der Waals surface area contributed by atoms with Crippen molar-refractivity contribution in [2.24, 2.45) is 0 Å². The van der Waals surface area contributed by atoms with E-state index in [2.05, 4.69) is 182 Å². The Morgan fingerprint density at radius 3 is 2.19 bits per heavy atom. The van der Waals surface area contributed by atoms with Crippen LogP contribution in [0.15, 0.2) is 180 Å². The molecule has 4 aliphatic heterocycles. The molecule has 0 aliphatic carbocycles. The molecule has 59 heavy (non-hydrogen) atoms. The van der Waals surface area contributed by atoms with Gasteiger partial charge in [0.25, 0.3) is 0 Å². The first kappa shape index (κ1) is 32.0. The van der Waals surface area contributed by atoms with Gasteiger partial charge in [0.2, 0.25) is 0 Å². The van der Waals surface area contributed by atoms with Gasteiger partial charge in [0.1, 0.15) is 0 Å². The van der Waals surface area contributed by atoms with Crippen molar-refractivity contribution < 1.29 is 4.42 Å². The summed E-state index contributed by atoms with van der Waals surface area (Å²) in [5, 5.41) is 6.01. The van der Waals surface area contributed by atoms with Crippen molar-refractivity contribution in [1.82, 2.24) is 4.98 Å². The molecule has 4 aliphatic rings. The van der Waals surface area contributed by atoms with Crippen LogP contribution in [-0.4, -0.2) is 18.9 Å². The van der Waals surface area contributed by atoms with E-state index in [0.29, 0.717) is 0 Å². The first-order valence-corrected chi connectivity index (χ1v) is 21.6. The second-order valence-corrected chi connectivity index (χ2v) is 17.5. The Hall–Kier alpha value is -7.00. The fraction of sp³-hybridized carbons (Fsp3) is 0. The highest BCUT2D eigenvalue weighted by molar-refractivity contribution is 7.25. The smallest absolute Gasteiger partial charge is 0.423 e. The van der Waals surface area contributed by atoms with Crippen LogP contribution in [0.5, 0.6) is 0 Å². The van der Waals surface area contributed by atoms with Gasteiger partial charge < -0.3 is 23.7 Å². The molecule has 6 aromatic carbocycles. The topological polar surface area (TPSA) is 39.0 Å². The van der Waals surface area contributed by atoms with Gasteiger partial charge in [-0.25, -0.2) is 0 Å². The summed E-state index contributed by atoms with van der Waals surface area (Å²) in [5.41, 5.74) is 16.3. The number of nitrogens with zero attached hydrogens (tertiary/aromatic N) is 5. The number of benzene rings is 6. The van der Waals surface area contributed by atoms with Crippen LogP contribution in [0.1, 0.15) is 0 Å². The summed E-state index contributed by atoms with van der Waals surface area (Å²) in [7, 11) is 0. The Labute approximate surface area is 348 Å². The third kappa shape index (κ3) is 4.29. The van der Waals surface area contributed by atoms with Gasteiger partial charge in [-0.2, -0.15) is 0 Å². The number of hydrogen-bond acceptors (Lipinski definition) is 8. The van der Waals surface area contributed by atoms with Crippen LogP contribution in [0.3, 0.4) is 0 Å². The van der Waals surface area contributed by atoms with Crippen LogP contribution in [0, 0.1) is 0 Å². The van der Waals surface area contributed by atoms with Crippen LogP contribution in [-0.2, 0) is 0 Å². The fourth-order valence-corrected chi connectivity index (χ4v) is 12.2. The third-order valence-corrected chi connectivity index (χ3v) is 14.7. The summed E-state index contributed by atoms with van der Waals surface area (Å²) in [6.07, 6.45) is 3.75. The van der Waals surface area contributed by atoms with Crippen molar-refractivity contribution in [3.05, 3.63) is 176 Å². The minimum absolute atomic E-state index is 0.0539. The number of anilines is 8. The minimum atomic E-state index is -0.129. The molecule has 4 aromatic heterocycles. The lowest BCUT2D eigenvalue weighted by atomic mass is 9.60. The fourth-order valence-electron chi connectivity index (χ4n) is 10.1. The van der Waals surface area contributed by atoms with E-state index in [4.69, 9.17) is 9.40 Å². The van der Waals surface area contributed by atoms with Crippen LogP contribution >= 0.6 is 22.7 Å². The molecule has 6 nitrogen and oxygen atoms in total. The molecule has 14 rings (SSSR count). The number of furan rings is 1. The van der Waals surface area contributed by atoms with Crippen molar-refractivity contribution in [2.75, 3.05) is 19.2 Å². The Morgan fingerprint density at radius 1 is 0.492 bits per heavy atom. The minimum Gasteiger partial charge on any atom is -0.449 e. The molecular formula is C49H29B2N5OS2. The van der Waals surface area contributed by atoms with Gasteiger partial charge in [0.15, 0.2) is 5.88 Å². The molecule has 0 fully saturated rings. The van der Waals surface area contributed by atoms with Gasteiger partial charge in [0.05, 0.1) is 39.7 Å².